The molecule has 0 amide bonds. The highest BCUT2D eigenvalue weighted by Gasteiger charge is 2.32. The molecule has 0 aromatic heterocycles. The summed E-state index contributed by atoms with van der Waals surface area (Å²) in [6.07, 6.45) is 3.43. The van der Waals surface area contributed by atoms with E-state index in [1.165, 1.54) is 12.5 Å². The molecule has 4 heteroatoms. The third-order valence-corrected chi connectivity index (χ3v) is 4.35. The van der Waals surface area contributed by atoms with Gasteiger partial charge in [0.25, 0.3) is 0 Å². The molecular formula is C16H24ClFN2. The molecule has 2 rings (SSSR count). The van der Waals surface area contributed by atoms with Crippen LogP contribution in [-0.2, 0) is 0 Å². The standard InChI is InChI=1S/C16H24ClFN2/c1-3-8-19-11-12-5-4-9-20(2)16(12)14-10-13(17)6-7-15(14)18/h6-7,10,12,16,19H,3-5,8-9,11H2,1-2H3. The van der Waals surface area contributed by atoms with Crippen molar-refractivity contribution in [2.75, 3.05) is 26.7 Å². The SMILES string of the molecule is CCCNCC1CCCN(C)C1c1cc(Cl)ccc1F. The highest BCUT2D eigenvalue weighted by Crippen LogP contribution is 2.36. The normalized spacial score (nSPS) is 24.0. The number of likely N-dealkylation sites (tertiary alicyclic amines) is 1. The van der Waals surface area contributed by atoms with Crippen LogP contribution in [-0.4, -0.2) is 31.6 Å². The Morgan fingerprint density at radius 2 is 2.25 bits per heavy atom. The van der Waals surface area contributed by atoms with Gasteiger partial charge in [-0.25, -0.2) is 4.39 Å². The molecule has 0 radical (unpaired) electrons. The minimum absolute atomic E-state index is 0.117. The van der Waals surface area contributed by atoms with Crippen molar-refractivity contribution in [3.63, 3.8) is 0 Å². The lowest BCUT2D eigenvalue weighted by molar-refractivity contribution is 0.116. The van der Waals surface area contributed by atoms with Crippen molar-refractivity contribution in [2.45, 2.75) is 32.2 Å². The molecule has 0 saturated carbocycles. The van der Waals surface area contributed by atoms with Crippen LogP contribution in [0.4, 0.5) is 4.39 Å². The summed E-state index contributed by atoms with van der Waals surface area (Å²) in [5.41, 5.74) is 0.739. The molecule has 1 saturated heterocycles. The van der Waals surface area contributed by atoms with Gasteiger partial charge in [-0.15, -0.1) is 0 Å². The first-order chi connectivity index (χ1) is 9.63. The molecule has 2 nitrogen and oxygen atoms in total. The van der Waals surface area contributed by atoms with Crippen LogP contribution in [0.3, 0.4) is 0 Å². The molecule has 0 aliphatic carbocycles. The Balaban J connectivity index is 2.20. The molecule has 20 heavy (non-hydrogen) atoms. The second-order valence-corrected chi connectivity index (χ2v) is 6.13. The smallest absolute Gasteiger partial charge is 0.128 e. The number of rotatable bonds is 5. The second-order valence-electron chi connectivity index (χ2n) is 5.70. The third-order valence-electron chi connectivity index (χ3n) is 4.12. The van der Waals surface area contributed by atoms with Crippen LogP contribution in [0.15, 0.2) is 18.2 Å². The van der Waals surface area contributed by atoms with E-state index in [-0.39, 0.29) is 11.9 Å². The van der Waals surface area contributed by atoms with E-state index in [2.05, 4.69) is 24.2 Å². The quantitative estimate of drug-likeness (QED) is 0.830. The minimum Gasteiger partial charge on any atom is -0.316 e. The zero-order valence-electron chi connectivity index (χ0n) is 12.3. The van der Waals surface area contributed by atoms with Crippen molar-refractivity contribution in [1.29, 1.82) is 0 Å². The average Bonchev–Trinajstić information content (AvgIpc) is 2.42. The topological polar surface area (TPSA) is 15.3 Å². The van der Waals surface area contributed by atoms with Gasteiger partial charge in [-0.05, 0) is 70.1 Å². The molecule has 1 aromatic carbocycles. The lowest BCUT2D eigenvalue weighted by Crippen LogP contribution is -2.41. The summed E-state index contributed by atoms with van der Waals surface area (Å²) in [6.45, 7) is 5.13. The molecule has 0 spiro atoms. The van der Waals surface area contributed by atoms with Gasteiger partial charge in [-0.2, -0.15) is 0 Å². The van der Waals surface area contributed by atoms with Gasteiger partial charge in [0.15, 0.2) is 0 Å². The fourth-order valence-corrected chi connectivity index (χ4v) is 3.35. The Kier molecular flexibility index (Phi) is 5.82. The number of nitrogens with one attached hydrogen (secondary N) is 1. The zero-order chi connectivity index (χ0) is 14.5. The lowest BCUT2D eigenvalue weighted by atomic mass is 9.84. The highest BCUT2D eigenvalue weighted by atomic mass is 35.5. The van der Waals surface area contributed by atoms with Crippen LogP contribution >= 0.6 is 11.6 Å². The number of hydrogen-bond donors (Lipinski definition) is 1. The van der Waals surface area contributed by atoms with E-state index in [0.29, 0.717) is 10.9 Å². The Morgan fingerprint density at radius 3 is 3.00 bits per heavy atom. The van der Waals surface area contributed by atoms with Crippen molar-refractivity contribution in [2.24, 2.45) is 5.92 Å². The predicted molar refractivity (Wildman–Crippen MR) is 82.7 cm³/mol. The van der Waals surface area contributed by atoms with Crippen molar-refractivity contribution >= 4 is 11.6 Å². The van der Waals surface area contributed by atoms with E-state index in [1.54, 1.807) is 12.1 Å². The van der Waals surface area contributed by atoms with Crippen molar-refractivity contribution in [3.05, 3.63) is 34.6 Å². The summed E-state index contributed by atoms with van der Waals surface area (Å²) in [6, 6.07) is 5.01. The lowest BCUT2D eigenvalue weighted by Gasteiger charge is -2.40. The fraction of sp³-hybridized carbons (Fsp3) is 0.625. The van der Waals surface area contributed by atoms with Gasteiger partial charge in [-0.1, -0.05) is 18.5 Å². The number of halogens is 2. The number of nitrogens with zero attached hydrogens (tertiary/aromatic N) is 1. The van der Waals surface area contributed by atoms with Crippen LogP contribution < -0.4 is 5.32 Å². The number of piperidine rings is 1. The van der Waals surface area contributed by atoms with Crippen molar-refractivity contribution < 1.29 is 4.39 Å². The predicted octanol–water partition coefficient (Wildman–Crippen LogP) is 3.86. The Morgan fingerprint density at radius 1 is 1.45 bits per heavy atom. The highest BCUT2D eigenvalue weighted by molar-refractivity contribution is 6.30. The molecule has 2 atom stereocenters. The molecule has 1 fully saturated rings. The summed E-state index contributed by atoms with van der Waals surface area (Å²) in [5, 5.41) is 4.09. The first-order valence-corrected chi connectivity index (χ1v) is 7.87. The Labute approximate surface area is 126 Å². The van der Waals surface area contributed by atoms with E-state index in [9.17, 15) is 4.39 Å². The first kappa shape index (κ1) is 15.7. The molecule has 1 N–H and O–H groups in total. The molecule has 1 aliphatic heterocycles. The minimum atomic E-state index is -0.145. The molecule has 112 valence electrons. The number of hydrogen-bond acceptors (Lipinski definition) is 2. The molecule has 0 bridgehead atoms. The van der Waals surface area contributed by atoms with Gasteiger partial charge in [0.2, 0.25) is 0 Å². The summed E-state index contributed by atoms with van der Waals surface area (Å²) in [7, 11) is 2.08. The van der Waals surface area contributed by atoms with Gasteiger partial charge in [0, 0.05) is 16.6 Å². The fourth-order valence-electron chi connectivity index (χ4n) is 3.17. The van der Waals surface area contributed by atoms with Crippen LogP contribution in [0.25, 0.3) is 0 Å². The van der Waals surface area contributed by atoms with Gasteiger partial charge in [0.05, 0.1) is 0 Å². The van der Waals surface area contributed by atoms with Crippen LogP contribution in [0.1, 0.15) is 37.8 Å². The number of benzene rings is 1. The van der Waals surface area contributed by atoms with Crippen LogP contribution in [0, 0.1) is 11.7 Å². The maximum Gasteiger partial charge on any atom is 0.128 e. The largest absolute Gasteiger partial charge is 0.316 e. The summed E-state index contributed by atoms with van der Waals surface area (Å²) >= 11 is 6.06. The summed E-state index contributed by atoms with van der Waals surface area (Å²) in [4.78, 5) is 2.26. The molecule has 1 heterocycles. The van der Waals surface area contributed by atoms with E-state index in [4.69, 9.17) is 11.6 Å². The molecular weight excluding hydrogens is 275 g/mol. The van der Waals surface area contributed by atoms with E-state index in [0.717, 1.165) is 38.0 Å². The van der Waals surface area contributed by atoms with E-state index < -0.39 is 0 Å². The second kappa shape index (κ2) is 7.39. The van der Waals surface area contributed by atoms with E-state index >= 15 is 0 Å². The van der Waals surface area contributed by atoms with Crippen molar-refractivity contribution in [1.82, 2.24) is 10.2 Å². The summed E-state index contributed by atoms with van der Waals surface area (Å²) in [5.74, 6) is 0.293. The summed E-state index contributed by atoms with van der Waals surface area (Å²) < 4.78 is 14.2. The Hall–Kier alpha value is -0.640. The monoisotopic (exact) mass is 298 g/mol. The molecule has 1 aromatic rings. The molecule has 2 unspecified atom stereocenters. The zero-order valence-corrected chi connectivity index (χ0v) is 13.1. The van der Waals surface area contributed by atoms with Crippen molar-refractivity contribution in [3.8, 4) is 0 Å². The first-order valence-electron chi connectivity index (χ1n) is 7.49. The van der Waals surface area contributed by atoms with Gasteiger partial charge >= 0.3 is 0 Å². The maximum absolute atomic E-state index is 14.2. The van der Waals surface area contributed by atoms with Crippen LogP contribution in [0.5, 0.6) is 0 Å². The molecule has 1 aliphatic rings. The van der Waals surface area contributed by atoms with Gasteiger partial charge in [-0.3, -0.25) is 4.90 Å². The van der Waals surface area contributed by atoms with Gasteiger partial charge < -0.3 is 5.32 Å². The third kappa shape index (κ3) is 3.72. The maximum atomic E-state index is 14.2. The van der Waals surface area contributed by atoms with E-state index in [1.807, 2.05) is 0 Å². The Bertz CT molecular complexity index is 438. The van der Waals surface area contributed by atoms with Crippen LogP contribution in [0.2, 0.25) is 5.02 Å². The average molecular weight is 299 g/mol. The van der Waals surface area contributed by atoms with Gasteiger partial charge in [0.1, 0.15) is 5.82 Å².